The Morgan fingerprint density at radius 3 is 2.79 bits per heavy atom. The van der Waals surface area contributed by atoms with Crippen molar-refractivity contribution in [2.45, 2.75) is 38.3 Å². The quantitative estimate of drug-likeness (QED) is 0.564. The minimum absolute atomic E-state index is 0.0152. The number of aromatic nitrogens is 5. The number of nitrogens with zero attached hydrogens (tertiary/aromatic N) is 7. The van der Waals surface area contributed by atoms with E-state index >= 15 is 0 Å². The number of carbonyl (C=O) groups is 1. The summed E-state index contributed by atoms with van der Waals surface area (Å²) in [4.78, 5) is 31.6. The van der Waals surface area contributed by atoms with E-state index in [4.69, 9.17) is 23.1 Å². The van der Waals surface area contributed by atoms with Crippen molar-refractivity contribution in [1.29, 1.82) is 0 Å². The summed E-state index contributed by atoms with van der Waals surface area (Å²) in [6, 6.07) is 1.74. The maximum Gasteiger partial charge on any atom is 0.281 e. The van der Waals surface area contributed by atoms with Gasteiger partial charge in [-0.15, -0.1) is 11.3 Å². The molecule has 12 heteroatoms. The minimum Gasteiger partial charge on any atom is -0.382 e. The van der Waals surface area contributed by atoms with Crippen molar-refractivity contribution in [3.8, 4) is 0 Å². The van der Waals surface area contributed by atoms with Gasteiger partial charge < -0.3 is 16.4 Å². The van der Waals surface area contributed by atoms with E-state index in [0.29, 0.717) is 16.8 Å². The molecule has 0 aromatic carbocycles. The molecule has 0 unspecified atom stereocenters. The lowest BCUT2D eigenvalue weighted by Gasteiger charge is -2.42. The summed E-state index contributed by atoms with van der Waals surface area (Å²) in [5, 5.41) is 4.26. The van der Waals surface area contributed by atoms with Gasteiger partial charge in [-0.2, -0.15) is 5.10 Å². The zero-order valence-corrected chi connectivity index (χ0v) is 19.5. The minimum atomic E-state index is -0.250. The summed E-state index contributed by atoms with van der Waals surface area (Å²) < 4.78 is 2.39. The van der Waals surface area contributed by atoms with Gasteiger partial charge in [0.25, 0.3) is 5.91 Å². The normalized spacial score (nSPS) is 21.3. The second kappa shape index (κ2) is 7.64. The molecule has 10 nitrogen and oxygen atoms in total. The first-order valence-corrected chi connectivity index (χ1v) is 12.3. The number of hydrogen-bond donors (Lipinski definition) is 2. The molecule has 172 valence electrons. The highest BCUT2D eigenvalue weighted by atomic mass is 35.5. The van der Waals surface area contributed by atoms with Crippen LogP contribution in [0.25, 0.3) is 0 Å². The highest BCUT2D eigenvalue weighted by Gasteiger charge is 2.48. The van der Waals surface area contributed by atoms with Gasteiger partial charge in [-0.1, -0.05) is 11.6 Å². The zero-order valence-electron chi connectivity index (χ0n) is 17.9. The van der Waals surface area contributed by atoms with Gasteiger partial charge in [0.1, 0.15) is 11.6 Å². The summed E-state index contributed by atoms with van der Waals surface area (Å²) in [7, 11) is 0. The first kappa shape index (κ1) is 20.8. The summed E-state index contributed by atoms with van der Waals surface area (Å²) >= 11 is 7.62. The SMILES string of the molecule is Nc1nc(N2CCC3(CC2)Cc2sc(Cl)nc2[C@H]3N)cnc1C(=O)N1CCCn2nccc21. The first-order valence-electron chi connectivity index (χ1n) is 11.1. The van der Waals surface area contributed by atoms with Crippen molar-refractivity contribution in [3.05, 3.63) is 39.2 Å². The fourth-order valence-corrected chi connectivity index (χ4v) is 6.71. The third-order valence-corrected chi connectivity index (χ3v) is 8.38. The van der Waals surface area contributed by atoms with Crippen LogP contribution < -0.4 is 21.3 Å². The number of halogens is 1. The molecule has 1 saturated heterocycles. The van der Waals surface area contributed by atoms with E-state index in [9.17, 15) is 4.79 Å². The molecular weight excluding hydrogens is 462 g/mol. The average molecular weight is 486 g/mol. The van der Waals surface area contributed by atoms with Crippen molar-refractivity contribution >= 4 is 46.3 Å². The molecule has 1 fully saturated rings. The summed E-state index contributed by atoms with van der Waals surface area (Å²) in [5.41, 5.74) is 14.0. The number of nitrogen functional groups attached to an aromatic ring is 1. The van der Waals surface area contributed by atoms with Crippen molar-refractivity contribution in [2.24, 2.45) is 11.1 Å². The Morgan fingerprint density at radius 1 is 1.21 bits per heavy atom. The smallest absolute Gasteiger partial charge is 0.281 e. The molecule has 1 aliphatic carbocycles. The Labute approximate surface area is 199 Å². The Kier molecular flexibility index (Phi) is 4.82. The maximum atomic E-state index is 13.1. The highest BCUT2D eigenvalue weighted by Crippen LogP contribution is 2.52. The van der Waals surface area contributed by atoms with Gasteiger partial charge in [-0.3, -0.25) is 9.69 Å². The largest absolute Gasteiger partial charge is 0.382 e. The second-order valence-electron chi connectivity index (χ2n) is 8.96. The van der Waals surface area contributed by atoms with Gasteiger partial charge >= 0.3 is 0 Å². The van der Waals surface area contributed by atoms with Gasteiger partial charge in [0.2, 0.25) is 0 Å². The molecule has 5 heterocycles. The van der Waals surface area contributed by atoms with Gasteiger partial charge in [-0.05, 0) is 31.1 Å². The number of anilines is 3. The lowest BCUT2D eigenvalue weighted by atomic mass is 9.73. The molecule has 6 rings (SSSR count). The van der Waals surface area contributed by atoms with Crippen LogP contribution in [0.3, 0.4) is 0 Å². The predicted octanol–water partition coefficient (Wildman–Crippen LogP) is 2.26. The fraction of sp³-hybridized carbons (Fsp3) is 0.476. The number of hydrogen-bond acceptors (Lipinski definition) is 9. The number of thiazole rings is 1. The number of aryl methyl sites for hydroxylation is 1. The van der Waals surface area contributed by atoms with E-state index < -0.39 is 0 Å². The Morgan fingerprint density at radius 2 is 2.03 bits per heavy atom. The topological polar surface area (TPSA) is 132 Å². The Bertz CT molecular complexity index is 1230. The molecule has 1 spiro atoms. The average Bonchev–Trinajstić information content (AvgIpc) is 3.49. The van der Waals surface area contributed by atoms with Crippen LogP contribution in [-0.4, -0.2) is 50.3 Å². The summed E-state index contributed by atoms with van der Waals surface area (Å²) in [6.07, 6.45) is 6.95. The van der Waals surface area contributed by atoms with E-state index in [-0.39, 0.29) is 28.9 Å². The predicted molar refractivity (Wildman–Crippen MR) is 127 cm³/mol. The Balaban J connectivity index is 1.17. The van der Waals surface area contributed by atoms with Crippen molar-refractivity contribution in [2.75, 3.05) is 35.2 Å². The number of carbonyl (C=O) groups excluding carboxylic acids is 1. The zero-order chi connectivity index (χ0) is 22.7. The third kappa shape index (κ3) is 3.29. The lowest BCUT2D eigenvalue weighted by molar-refractivity contribution is 0.0977. The van der Waals surface area contributed by atoms with E-state index in [0.717, 1.165) is 56.8 Å². The molecule has 3 aromatic heterocycles. The van der Waals surface area contributed by atoms with Crippen molar-refractivity contribution in [1.82, 2.24) is 24.7 Å². The van der Waals surface area contributed by atoms with Crippen LogP contribution in [0.4, 0.5) is 17.5 Å². The third-order valence-electron chi connectivity index (χ3n) is 7.21. The first-order chi connectivity index (χ1) is 15.9. The number of nitrogens with two attached hydrogens (primary N) is 2. The van der Waals surface area contributed by atoms with Gasteiger partial charge in [0.05, 0.1) is 24.1 Å². The summed E-state index contributed by atoms with van der Waals surface area (Å²) in [5.74, 6) is 1.34. The van der Waals surface area contributed by atoms with Gasteiger partial charge in [0.15, 0.2) is 16.0 Å². The highest BCUT2D eigenvalue weighted by molar-refractivity contribution is 7.15. The van der Waals surface area contributed by atoms with Crippen LogP contribution in [0.15, 0.2) is 18.5 Å². The summed E-state index contributed by atoms with van der Waals surface area (Å²) in [6.45, 7) is 2.99. The number of fused-ring (bicyclic) bond motifs is 2. The Hall–Kier alpha value is -2.76. The molecule has 3 aromatic rings. The van der Waals surface area contributed by atoms with Crippen LogP contribution in [-0.2, 0) is 13.0 Å². The molecular formula is C21H24ClN9OS. The number of amides is 1. The molecule has 3 aliphatic rings. The standard InChI is InChI=1S/C21H24ClN9OS/c22-20-28-15-12(33-20)10-21(17(15)23)3-8-29(9-4-21)13-11-25-16(18(24)27-13)19(32)30-6-1-7-31-14(30)2-5-26-31/h2,5,11,17H,1,3-4,6-10,23H2,(H2,24,27)/t17-/m1/s1. The van der Waals surface area contributed by atoms with Gasteiger partial charge in [0, 0.05) is 37.1 Å². The molecule has 4 N–H and O–H groups in total. The molecule has 0 bridgehead atoms. The molecule has 1 amide bonds. The van der Waals surface area contributed by atoms with Crippen LogP contribution in [0.2, 0.25) is 4.47 Å². The van der Waals surface area contributed by atoms with Crippen molar-refractivity contribution < 1.29 is 4.79 Å². The van der Waals surface area contributed by atoms with Crippen LogP contribution in [0.5, 0.6) is 0 Å². The fourth-order valence-electron chi connectivity index (χ4n) is 5.36. The van der Waals surface area contributed by atoms with Crippen molar-refractivity contribution in [3.63, 3.8) is 0 Å². The van der Waals surface area contributed by atoms with E-state index in [1.54, 1.807) is 28.6 Å². The van der Waals surface area contributed by atoms with E-state index in [2.05, 4.69) is 25.0 Å². The van der Waals surface area contributed by atoms with E-state index in [1.807, 2.05) is 10.7 Å². The molecule has 33 heavy (non-hydrogen) atoms. The van der Waals surface area contributed by atoms with Crippen LogP contribution in [0, 0.1) is 5.41 Å². The lowest BCUT2D eigenvalue weighted by Crippen LogP contribution is -2.45. The second-order valence-corrected chi connectivity index (χ2v) is 10.6. The molecule has 0 radical (unpaired) electrons. The van der Waals surface area contributed by atoms with E-state index in [1.165, 1.54) is 4.88 Å². The molecule has 0 saturated carbocycles. The van der Waals surface area contributed by atoms with Gasteiger partial charge in [-0.25, -0.2) is 19.6 Å². The molecule has 1 atom stereocenters. The maximum absolute atomic E-state index is 13.1. The monoisotopic (exact) mass is 485 g/mol. The number of piperidine rings is 1. The number of rotatable bonds is 2. The van der Waals surface area contributed by atoms with Crippen LogP contribution >= 0.6 is 22.9 Å². The molecule has 2 aliphatic heterocycles. The van der Waals surface area contributed by atoms with Crippen LogP contribution in [0.1, 0.15) is 46.4 Å².